The summed E-state index contributed by atoms with van der Waals surface area (Å²) in [6.07, 6.45) is 6.82. The first-order valence-electron chi connectivity index (χ1n) is 7.35. The van der Waals surface area contributed by atoms with Crippen molar-refractivity contribution in [3.05, 3.63) is 66.6 Å². The van der Waals surface area contributed by atoms with E-state index in [1.165, 1.54) is 0 Å². The van der Waals surface area contributed by atoms with Crippen molar-refractivity contribution in [2.75, 3.05) is 5.32 Å². The molecule has 1 fully saturated rings. The Balaban J connectivity index is 1.65. The summed E-state index contributed by atoms with van der Waals surface area (Å²) in [6, 6.07) is 13.6. The number of Topliss-reactive ketones (excluding diaryl/α,β-unsaturated/α-hetero) is 1. The van der Waals surface area contributed by atoms with Crippen LogP contribution >= 0.6 is 0 Å². The predicted octanol–water partition coefficient (Wildman–Crippen LogP) is 3.46. The summed E-state index contributed by atoms with van der Waals surface area (Å²) in [6.45, 7) is 0. The van der Waals surface area contributed by atoms with Gasteiger partial charge in [-0.1, -0.05) is 18.2 Å². The minimum atomic E-state index is -0.493. The van der Waals surface area contributed by atoms with Crippen molar-refractivity contribution in [3.63, 3.8) is 0 Å². The first-order chi connectivity index (χ1) is 10.8. The molecule has 4 rings (SSSR count). The first-order valence-corrected chi connectivity index (χ1v) is 7.35. The van der Waals surface area contributed by atoms with Gasteiger partial charge in [-0.15, -0.1) is 0 Å². The molecule has 4 nitrogen and oxygen atoms in total. The Bertz CT molecular complexity index is 841. The summed E-state index contributed by atoms with van der Waals surface area (Å²) in [5.41, 5.74) is 1.95. The second kappa shape index (κ2) is 4.91. The average Bonchev–Trinajstić information content (AvgIpc) is 3.35. The Labute approximate surface area is 128 Å². The van der Waals surface area contributed by atoms with Gasteiger partial charge in [0, 0.05) is 29.5 Å². The summed E-state index contributed by atoms with van der Waals surface area (Å²) in [7, 11) is 0. The van der Waals surface area contributed by atoms with Gasteiger partial charge in [-0.2, -0.15) is 0 Å². The zero-order valence-electron chi connectivity index (χ0n) is 12.0. The molecule has 108 valence electrons. The second-order valence-electron chi connectivity index (χ2n) is 5.69. The van der Waals surface area contributed by atoms with Crippen LogP contribution in [0.2, 0.25) is 0 Å². The van der Waals surface area contributed by atoms with Gasteiger partial charge < -0.3 is 5.32 Å². The molecule has 4 heteroatoms. The zero-order chi connectivity index (χ0) is 15.0. The minimum absolute atomic E-state index is 0.106. The largest absolute Gasteiger partial charge is 0.371 e. The van der Waals surface area contributed by atoms with Gasteiger partial charge in [-0.05, 0) is 37.1 Å². The summed E-state index contributed by atoms with van der Waals surface area (Å²) >= 11 is 0. The van der Waals surface area contributed by atoms with Gasteiger partial charge in [0.05, 0.1) is 11.2 Å². The Hall–Kier alpha value is -2.75. The maximum absolute atomic E-state index is 12.9. The van der Waals surface area contributed by atoms with E-state index in [1.807, 2.05) is 42.5 Å². The third-order valence-electron chi connectivity index (χ3n) is 4.08. The van der Waals surface area contributed by atoms with E-state index < -0.39 is 5.54 Å². The molecular formula is C18H15N3O. The van der Waals surface area contributed by atoms with E-state index in [1.54, 1.807) is 18.6 Å². The molecule has 1 aliphatic rings. The van der Waals surface area contributed by atoms with Gasteiger partial charge in [-0.3, -0.25) is 14.8 Å². The SMILES string of the molecule is O=C(c1cnc2ccccc2c1)C1(Nc2cccnc2)CC1. The molecule has 0 unspecified atom stereocenters. The van der Waals surface area contributed by atoms with Crippen LogP contribution in [-0.2, 0) is 0 Å². The summed E-state index contributed by atoms with van der Waals surface area (Å²) in [4.78, 5) is 21.3. The van der Waals surface area contributed by atoms with Gasteiger partial charge >= 0.3 is 0 Å². The Morgan fingerprint density at radius 1 is 1.09 bits per heavy atom. The molecule has 0 aliphatic heterocycles. The van der Waals surface area contributed by atoms with Crippen LogP contribution in [0, 0.1) is 0 Å². The molecule has 1 aromatic carbocycles. The predicted molar refractivity (Wildman–Crippen MR) is 85.9 cm³/mol. The standard InChI is InChI=1S/C18H15N3O/c22-17(14-10-13-4-1-2-6-16(13)20-11-14)18(7-8-18)21-15-5-3-9-19-12-15/h1-6,9-12,21H,7-8H2. The van der Waals surface area contributed by atoms with Crippen LogP contribution < -0.4 is 5.32 Å². The fraction of sp³-hybridized carbons (Fsp3) is 0.167. The van der Waals surface area contributed by atoms with Crippen molar-refractivity contribution in [1.82, 2.24) is 9.97 Å². The lowest BCUT2D eigenvalue weighted by atomic mass is 10.0. The van der Waals surface area contributed by atoms with Crippen molar-refractivity contribution in [3.8, 4) is 0 Å². The summed E-state index contributed by atoms with van der Waals surface area (Å²) in [5.74, 6) is 0.106. The Kier molecular flexibility index (Phi) is 2.89. The molecule has 3 aromatic rings. The topological polar surface area (TPSA) is 54.9 Å². The van der Waals surface area contributed by atoms with Crippen LogP contribution in [0.1, 0.15) is 23.2 Å². The van der Waals surface area contributed by atoms with Gasteiger partial charge in [-0.25, -0.2) is 0 Å². The van der Waals surface area contributed by atoms with E-state index in [9.17, 15) is 4.79 Å². The number of anilines is 1. The number of nitrogens with zero attached hydrogens (tertiary/aromatic N) is 2. The highest BCUT2D eigenvalue weighted by Crippen LogP contribution is 2.41. The van der Waals surface area contributed by atoms with Crippen LogP contribution in [-0.4, -0.2) is 21.3 Å². The molecule has 22 heavy (non-hydrogen) atoms. The van der Waals surface area contributed by atoms with E-state index in [4.69, 9.17) is 0 Å². The van der Waals surface area contributed by atoms with E-state index in [2.05, 4.69) is 15.3 Å². The molecule has 0 spiro atoms. The number of hydrogen-bond donors (Lipinski definition) is 1. The van der Waals surface area contributed by atoms with Crippen LogP contribution in [0.4, 0.5) is 5.69 Å². The molecule has 1 saturated carbocycles. The Morgan fingerprint density at radius 2 is 1.95 bits per heavy atom. The van der Waals surface area contributed by atoms with Crippen molar-refractivity contribution in [1.29, 1.82) is 0 Å². The molecule has 0 bridgehead atoms. The number of rotatable bonds is 4. The highest BCUT2D eigenvalue weighted by molar-refractivity contribution is 6.08. The molecule has 1 N–H and O–H groups in total. The first kappa shape index (κ1) is 13.0. The van der Waals surface area contributed by atoms with E-state index in [0.717, 1.165) is 29.4 Å². The summed E-state index contributed by atoms with van der Waals surface area (Å²) < 4.78 is 0. The van der Waals surface area contributed by atoms with Crippen LogP contribution in [0.3, 0.4) is 0 Å². The maximum atomic E-state index is 12.9. The lowest BCUT2D eigenvalue weighted by Crippen LogP contribution is -2.32. The molecule has 2 aromatic heterocycles. The normalized spacial score (nSPS) is 15.5. The molecule has 1 aliphatic carbocycles. The fourth-order valence-corrected chi connectivity index (χ4v) is 2.72. The van der Waals surface area contributed by atoms with Crippen LogP contribution in [0.25, 0.3) is 10.9 Å². The van der Waals surface area contributed by atoms with Gasteiger partial charge in [0.25, 0.3) is 0 Å². The number of para-hydroxylation sites is 1. The number of ketones is 1. The minimum Gasteiger partial charge on any atom is -0.371 e. The zero-order valence-corrected chi connectivity index (χ0v) is 12.0. The van der Waals surface area contributed by atoms with E-state index >= 15 is 0 Å². The highest BCUT2D eigenvalue weighted by atomic mass is 16.1. The molecule has 0 radical (unpaired) electrons. The smallest absolute Gasteiger partial charge is 0.189 e. The average molecular weight is 289 g/mol. The van der Waals surface area contributed by atoms with Gasteiger partial charge in [0.2, 0.25) is 0 Å². The van der Waals surface area contributed by atoms with Crippen LogP contribution in [0.15, 0.2) is 61.1 Å². The maximum Gasteiger partial charge on any atom is 0.189 e. The number of hydrogen-bond acceptors (Lipinski definition) is 4. The Morgan fingerprint density at radius 3 is 2.73 bits per heavy atom. The quantitative estimate of drug-likeness (QED) is 0.747. The number of fused-ring (bicyclic) bond motifs is 1. The van der Waals surface area contributed by atoms with Gasteiger partial charge in [0.15, 0.2) is 5.78 Å². The number of pyridine rings is 2. The number of carbonyl (C=O) groups is 1. The summed E-state index contributed by atoms with van der Waals surface area (Å²) in [5, 5.41) is 4.33. The van der Waals surface area contributed by atoms with Crippen LogP contribution in [0.5, 0.6) is 0 Å². The number of carbonyl (C=O) groups excluding carboxylic acids is 1. The molecule has 0 atom stereocenters. The van der Waals surface area contributed by atoms with Crippen molar-refractivity contribution >= 4 is 22.4 Å². The van der Waals surface area contributed by atoms with Crippen molar-refractivity contribution in [2.45, 2.75) is 18.4 Å². The molecule has 2 heterocycles. The van der Waals surface area contributed by atoms with E-state index in [-0.39, 0.29) is 5.78 Å². The highest BCUT2D eigenvalue weighted by Gasteiger charge is 2.50. The lowest BCUT2D eigenvalue weighted by Gasteiger charge is -2.17. The fourth-order valence-electron chi connectivity index (χ4n) is 2.72. The number of aromatic nitrogens is 2. The number of nitrogens with one attached hydrogen (secondary N) is 1. The third-order valence-corrected chi connectivity index (χ3v) is 4.08. The van der Waals surface area contributed by atoms with Crippen molar-refractivity contribution < 1.29 is 4.79 Å². The lowest BCUT2D eigenvalue weighted by molar-refractivity contribution is 0.0958. The molecule has 0 saturated heterocycles. The monoisotopic (exact) mass is 289 g/mol. The molecule has 0 amide bonds. The second-order valence-corrected chi connectivity index (χ2v) is 5.69. The third kappa shape index (κ3) is 2.22. The van der Waals surface area contributed by atoms with Gasteiger partial charge in [0.1, 0.15) is 5.54 Å². The number of benzene rings is 1. The van der Waals surface area contributed by atoms with Crippen molar-refractivity contribution in [2.24, 2.45) is 0 Å². The van der Waals surface area contributed by atoms with E-state index in [0.29, 0.717) is 5.56 Å². The molecular weight excluding hydrogens is 274 g/mol.